The summed E-state index contributed by atoms with van der Waals surface area (Å²) in [5.74, 6) is 0. The van der Waals surface area contributed by atoms with Crippen LogP contribution in [0.1, 0.15) is 0 Å². The van der Waals surface area contributed by atoms with E-state index in [-0.39, 0.29) is 0 Å². The molecule has 0 spiro atoms. The van der Waals surface area contributed by atoms with E-state index in [1.807, 2.05) is 0 Å². The van der Waals surface area contributed by atoms with Gasteiger partial charge >= 0.3 is 34.0 Å². The fourth-order valence-electron chi connectivity index (χ4n) is 0. The van der Waals surface area contributed by atoms with Gasteiger partial charge in [0.1, 0.15) is 0 Å². The average molecular weight is 171 g/mol. The summed E-state index contributed by atoms with van der Waals surface area (Å²) in [4.78, 5) is 0. The van der Waals surface area contributed by atoms with Gasteiger partial charge in [0.05, 0.1) is 0 Å². The first-order valence-corrected chi connectivity index (χ1v) is 4.32. The fraction of sp³-hybridized carbons (Fsp3) is 0. The van der Waals surface area contributed by atoms with E-state index < -0.39 is 16.5 Å². The molecule has 0 aliphatic carbocycles. The summed E-state index contributed by atoms with van der Waals surface area (Å²) in [7, 11) is 0. The van der Waals surface area contributed by atoms with Crippen LogP contribution in [0.3, 0.4) is 0 Å². The van der Waals surface area contributed by atoms with Crippen molar-refractivity contribution >= 4 is 0 Å². The van der Waals surface area contributed by atoms with Gasteiger partial charge in [-0.1, -0.05) is 0 Å². The third-order valence-corrected chi connectivity index (χ3v) is 0. The average Bonchev–Trinajstić information content (AvgIpc) is 0.722. The number of nitrogens with two attached hydrogens (primary N) is 4. The minimum atomic E-state index is -2.70. The van der Waals surface area contributed by atoms with E-state index in [9.17, 15) is 0 Å². The van der Waals surface area contributed by atoms with E-state index in [0.717, 1.165) is 0 Å². The SMILES string of the molecule is [NH2][Pd]([NH2])([NH2])[NH2]. The Hall–Kier alpha value is 0.502. The molecule has 0 rings (SSSR count). The van der Waals surface area contributed by atoms with Crippen LogP contribution in [-0.2, 0) is 16.5 Å². The van der Waals surface area contributed by atoms with E-state index in [2.05, 4.69) is 0 Å². The van der Waals surface area contributed by atoms with Crippen molar-refractivity contribution in [3.05, 3.63) is 0 Å². The summed E-state index contributed by atoms with van der Waals surface area (Å²) in [6, 6.07) is 0. The molecule has 38 valence electrons. The number of hydrogen-bond acceptors (Lipinski definition) is 4. The Balaban J connectivity index is 3.02. The molecule has 8 N–H and O–H groups in total. The van der Waals surface area contributed by atoms with Crippen molar-refractivity contribution in [2.24, 2.45) is 17.5 Å². The third kappa shape index (κ3) is 112. The van der Waals surface area contributed by atoms with Gasteiger partial charge in [-0.05, 0) is 0 Å². The van der Waals surface area contributed by atoms with Gasteiger partial charge < -0.3 is 0 Å². The van der Waals surface area contributed by atoms with Crippen LogP contribution in [0.15, 0.2) is 0 Å². The molecule has 5 heteroatoms. The van der Waals surface area contributed by atoms with Crippen molar-refractivity contribution in [2.45, 2.75) is 0 Å². The van der Waals surface area contributed by atoms with Crippen LogP contribution in [0.4, 0.5) is 0 Å². The quantitative estimate of drug-likeness (QED) is 0.305. The van der Waals surface area contributed by atoms with E-state index in [0.29, 0.717) is 0 Å². The molecule has 0 saturated heterocycles. The Bertz CT molecular complexity index is 19.1. The standard InChI is InChI=1S/4H2N.Pd/h4*1H2;/q4*-1;+4. The Kier molecular flexibility index (Phi) is 1.44. The van der Waals surface area contributed by atoms with Crippen molar-refractivity contribution in [1.82, 2.24) is 0 Å². The molecular formula is H8N4Pd. The fourth-order valence-corrected chi connectivity index (χ4v) is 0. The van der Waals surface area contributed by atoms with Crippen LogP contribution in [0.5, 0.6) is 0 Å². The van der Waals surface area contributed by atoms with E-state index in [1.165, 1.54) is 0 Å². The number of rotatable bonds is 0. The second-order valence-electron chi connectivity index (χ2n) is 0.632. The Morgan fingerprint density at radius 3 is 0.800 bits per heavy atom. The molecule has 0 aliphatic heterocycles. The summed E-state index contributed by atoms with van der Waals surface area (Å²) in [5.41, 5.74) is 0. The van der Waals surface area contributed by atoms with Gasteiger partial charge in [-0.3, -0.25) is 0 Å². The van der Waals surface area contributed by atoms with E-state index >= 15 is 0 Å². The van der Waals surface area contributed by atoms with Gasteiger partial charge in [0, 0.05) is 0 Å². The van der Waals surface area contributed by atoms with Crippen molar-refractivity contribution in [1.29, 1.82) is 0 Å². The van der Waals surface area contributed by atoms with Gasteiger partial charge in [-0.15, -0.1) is 0 Å². The molecule has 0 aromatic rings. The molecule has 5 heavy (non-hydrogen) atoms. The van der Waals surface area contributed by atoms with Crippen LogP contribution in [0, 0.1) is 0 Å². The summed E-state index contributed by atoms with van der Waals surface area (Å²) >= 11 is -2.70. The summed E-state index contributed by atoms with van der Waals surface area (Å²) in [5, 5.41) is 0. The second kappa shape index (κ2) is 1.31. The van der Waals surface area contributed by atoms with Gasteiger partial charge in [0.25, 0.3) is 0 Å². The molecule has 0 amide bonds. The van der Waals surface area contributed by atoms with Crippen molar-refractivity contribution < 1.29 is 16.5 Å². The van der Waals surface area contributed by atoms with Crippen molar-refractivity contribution in [3.8, 4) is 0 Å². The van der Waals surface area contributed by atoms with E-state index in [1.54, 1.807) is 0 Å². The molecule has 0 saturated carbocycles. The van der Waals surface area contributed by atoms with Gasteiger partial charge in [-0.25, -0.2) is 0 Å². The Morgan fingerprint density at radius 2 is 0.800 bits per heavy atom. The van der Waals surface area contributed by atoms with Gasteiger partial charge in [0.15, 0.2) is 0 Å². The first-order valence-electron chi connectivity index (χ1n) is 0.730. The van der Waals surface area contributed by atoms with E-state index in [4.69, 9.17) is 17.5 Å². The molecule has 4 nitrogen and oxygen atoms in total. The molecule has 0 heterocycles. The minimum absolute atomic E-state index is 2.70. The van der Waals surface area contributed by atoms with Crippen LogP contribution in [0.2, 0.25) is 0 Å². The van der Waals surface area contributed by atoms with Crippen LogP contribution >= 0.6 is 0 Å². The zero-order valence-electron chi connectivity index (χ0n) is 2.63. The molecule has 0 aromatic heterocycles. The van der Waals surface area contributed by atoms with Gasteiger partial charge in [-0.2, -0.15) is 0 Å². The molecule has 0 radical (unpaired) electrons. The maximum absolute atomic E-state index is 4.84. The van der Waals surface area contributed by atoms with Crippen molar-refractivity contribution in [3.63, 3.8) is 0 Å². The molecule has 0 unspecified atom stereocenters. The monoisotopic (exact) mass is 170 g/mol. The predicted molar refractivity (Wildman–Crippen MR) is 16.7 cm³/mol. The van der Waals surface area contributed by atoms with Crippen LogP contribution in [-0.4, -0.2) is 0 Å². The van der Waals surface area contributed by atoms with Crippen LogP contribution < -0.4 is 17.5 Å². The molecule has 0 atom stereocenters. The third-order valence-electron chi connectivity index (χ3n) is 0. The normalized spacial score (nSPS) is 15.2. The van der Waals surface area contributed by atoms with Crippen LogP contribution in [0.25, 0.3) is 0 Å². The Morgan fingerprint density at radius 1 is 0.800 bits per heavy atom. The molecular weight excluding hydrogens is 162 g/mol. The van der Waals surface area contributed by atoms with Crippen molar-refractivity contribution in [2.75, 3.05) is 0 Å². The summed E-state index contributed by atoms with van der Waals surface area (Å²) < 4.78 is 19.4. The Labute approximate surface area is 34.7 Å². The zero-order chi connectivity index (χ0) is 4.50. The predicted octanol–water partition coefficient (Wildman–Crippen LogP) is -2.36. The molecule has 0 aromatic carbocycles. The second-order valence-corrected chi connectivity index (χ2v) is 3.74. The topological polar surface area (TPSA) is 104 Å². The maximum atomic E-state index is 4.84. The molecule has 0 aliphatic rings. The first-order chi connectivity index (χ1) is 2.00. The number of hydrogen-bond donors (Lipinski definition) is 4. The first kappa shape index (κ1) is 5.50. The van der Waals surface area contributed by atoms with Gasteiger partial charge in [0.2, 0.25) is 0 Å². The molecule has 0 fully saturated rings. The summed E-state index contributed by atoms with van der Waals surface area (Å²) in [6.45, 7) is 0. The zero-order valence-corrected chi connectivity index (χ0v) is 4.18. The summed E-state index contributed by atoms with van der Waals surface area (Å²) in [6.07, 6.45) is 0. The molecule has 0 bridgehead atoms.